The van der Waals surface area contributed by atoms with Crippen LogP contribution >= 0.6 is 11.6 Å². The van der Waals surface area contributed by atoms with Gasteiger partial charge in [-0.2, -0.15) is 0 Å². The van der Waals surface area contributed by atoms with Gasteiger partial charge in [0.1, 0.15) is 12.4 Å². The van der Waals surface area contributed by atoms with E-state index in [1.54, 1.807) is 6.92 Å². The van der Waals surface area contributed by atoms with Gasteiger partial charge in [-0.15, -0.1) is 11.6 Å². The van der Waals surface area contributed by atoms with E-state index in [0.29, 0.717) is 0 Å². The highest BCUT2D eigenvalue weighted by molar-refractivity contribution is 6.33. The minimum atomic E-state index is -1.34. The zero-order chi connectivity index (χ0) is 13.8. The van der Waals surface area contributed by atoms with Gasteiger partial charge in [0.25, 0.3) is 0 Å². The maximum atomic E-state index is 13.0. The summed E-state index contributed by atoms with van der Waals surface area (Å²) in [6, 6.07) is 3.53. The largest absolute Gasteiger partial charge is 0.505 e. The van der Waals surface area contributed by atoms with Crippen molar-refractivity contribution in [1.29, 1.82) is 0 Å². The van der Waals surface area contributed by atoms with Crippen molar-refractivity contribution in [3.63, 3.8) is 0 Å². The number of carbonyl (C=O) groups is 1. The van der Waals surface area contributed by atoms with Gasteiger partial charge in [-0.05, 0) is 26.0 Å². The molecule has 0 aliphatic heterocycles. The number of esters is 1. The van der Waals surface area contributed by atoms with Gasteiger partial charge >= 0.3 is 5.97 Å². The summed E-state index contributed by atoms with van der Waals surface area (Å²) in [7, 11) is 0. The van der Waals surface area contributed by atoms with Crippen LogP contribution in [0.4, 0.5) is 4.39 Å². The second kappa shape index (κ2) is 5.91. The lowest BCUT2D eigenvalue weighted by molar-refractivity contribution is -0.146. The van der Waals surface area contributed by atoms with Crippen molar-refractivity contribution < 1.29 is 23.8 Å². The number of carbonyl (C=O) groups excluding carboxylic acids is 1. The molecule has 0 aliphatic rings. The Balaban J connectivity index is 2.63. The summed E-state index contributed by atoms with van der Waals surface area (Å²) >= 11 is 5.94. The van der Waals surface area contributed by atoms with Crippen molar-refractivity contribution in [1.82, 2.24) is 0 Å². The standard InChI is InChI=1S/C12H14ClFO4/c1-3-17-11(16)12(2,13)7-18-8-4-5-10(15)9(14)6-8/h4-6,15H,3,7H2,1-2H3. The summed E-state index contributed by atoms with van der Waals surface area (Å²) in [5.41, 5.74) is 0. The van der Waals surface area contributed by atoms with Gasteiger partial charge in [-0.25, -0.2) is 4.39 Å². The van der Waals surface area contributed by atoms with Gasteiger partial charge in [0.05, 0.1) is 6.61 Å². The first kappa shape index (κ1) is 14.6. The predicted octanol–water partition coefficient (Wildman–Crippen LogP) is 2.47. The Kier molecular flexibility index (Phi) is 4.78. The van der Waals surface area contributed by atoms with Gasteiger partial charge in [0, 0.05) is 6.07 Å². The highest BCUT2D eigenvalue weighted by Crippen LogP contribution is 2.23. The fraction of sp³-hybridized carbons (Fsp3) is 0.417. The fourth-order valence-electron chi connectivity index (χ4n) is 1.14. The Labute approximate surface area is 109 Å². The molecule has 0 saturated heterocycles. The molecule has 0 radical (unpaired) electrons. The number of alkyl halides is 1. The van der Waals surface area contributed by atoms with Crippen LogP contribution in [0.1, 0.15) is 13.8 Å². The first-order chi connectivity index (χ1) is 8.36. The van der Waals surface area contributed by atoms with Gasteiger partial charge in [0.2, 0.25) is 0 Å². The lowest BCUT2D eigenvalue weighted by atomic mass is 10.2. The molecule has 1 aromatic carbocycles. The minimum absolute atomic E-state index is 0.168. The van der Waals surface area contributed by atoms with E-state index in [-0.39, 0.29) is 19.0 Å². The van der Waals surface area contributed by atoms with Gasteiger partial charge in [-0.1, -0.05) is 0 Å². The highest BCUT2D eigenvalue weighted by Gasteiger charge is 2.33. The van der Waals surface area contributed by atoms with Crippen LogP contribution in [-0.2, 0) is 9.53 Å². The topological polar surface area (TPSA) is 55.8 Å². The number of benzene rings is 1. The third-order valence-corrected chi connectivity index (χ3v) is 2.39. The summed E-state index contributed by atoms with van der Waals surface area (Å²) in [6.07, 6.45) is 0. The van der Waals surface area contributed by atoms with Crippen LogP contribution < -0.4 is 4.74 Å². The number of aromatic hydroxyl groups is 1. The van der Waals surface area contributed by atoms with E-state index in [1.165, 1.54) is 13.0 Å². The Morgan fingerprint density at radius 3 is 2.78 bits per heavy atom. The van der Waals surface area contributed by atoms with E-state index in [1.807, 2.05) is 0 Å². The predicted molar refractivity (Wildman–Crippen MR) is 64.5 cm³/mol. The van der Waals surface area contributed by atoms with Crippen molar-refractivity contribution in [3.8, 4) is 11.5 Å². The summed E-state index contributed by atoms with van der Waals surface area (Å²) in [5.74, 6) is -1.71. The molecule has 1 rings (SSSR count). The molecule has 1 aromatic rings. The van der Waals surface area contributed by atoms with E-state index < -0.39 is 22.4 Å². The normalized spacial score (nSPS) is 13.8. The van der Waals surface area contributed by atoms with Crippen molar-refractivity contribution in [2.24, 2.45) is 0 Å². The van der Waals surface area contributed by atoms with Crippen molar-refractivity contribution >= 4 is 17.6 Å². The van der Waals surface area contributed by atoms with Gasteiger partial charge in [0.15, 0.2) is 16.4 Å². The average molecular weight is 277 g/mol. The number of halogens is 2. The lowest BCUT2D eigenvalue weighted by Crippen LogP contribution is -2.37. The van der Waals surface area contributed by atoms with E-state index in [4.69, 9.17) is 26.2 Å². The molecule has 0 heterocycles. The third kappa shape index (κ3) is 3.77. The molecule has 0 bridgehead atoms. The minimum Gasteiger partial charge on any atom is -0.505 e. The molecule has 18 heavy (non-hydrogen) atoms. The lowest BCUT2D eigenvalue weighted by Gasteiger charge is -2.20. The Hall–Kier alpha value is -1.49. The maximum Gasteiger partial charge on any atom is 0.330 e. The summed E-state index contributed by atoms with van der Waals surface area (Å²) < 4.78 is 23.0. The molecule has 1 unspecified atom stereocenters. The van der Waals surface area contributed by atoms with Crippen LogP contribution in [-0.4, -0.2) is 29.2 Å². The summed E-state index contributed by atoms with van der Waals surface area (Å²) in [5, 5.41) is 9.00. The molecule has 0 spiro atoms. The molecule has 6 heteroatoms. The van der Waals surface area contributed by atoms with Crippen LogP contribution in [0, 0.1) is 5.82 Å². The molecule has 1 atom stereocenters. The molecular weight excluding hydrogens is 263 g/mol. The average Bonchev–Trinajstić information content (AvgIpc) is 2.31. The second-order valence-electron chi connectivity index (χ2n) is 3.82. The van der Waals surface area contributed by atoms with E-state index in [2.05, 4.69) is 0 Å². The number of phenolic OH excluding ortho intramolecular Hbond substituents is 1. The van der Waals surface area contributed by atoms with E-state index in [0.717, 1.165) is 12.1 Å². The number of hydrogen-bond acceptors (Lipinski definition) is 4. The van der Waals surface area contributed by atoms with Crippen LogP contribution in [0.2, 0.25) is 0 Å². The number of rotatable bonds is 5. The molecule has 0 amide bonds. The molecule has 4 nitrogen and oxygen atoms in total. The Morgan fingerprint density at radius 2 is 2.22 bits per heavy atom. The van der Waals surface area contributed by atoms with Gasteiger partial charge in [-0.3, -0.25) is 4.79 Å². The maximum absolute atomic E-state index is 13.0. The summed E-state index contributed by atoms with van der Waals surface area (Å²) in [4.78, 5) is 10.1. The number of phenols is 1. The monoisotopic (exact) mass is 276 g/mol. The first-order valence-electron chi connectivity index (χ1n) is 5.34. The smallest absolute Gasteiger partial charge is 0.330 e. The van der Waals surface area contributed by atoms with Crippen LogP contribution in [0.25, 0.3) is 0 Å². The second-order valence-corrected chi connectivity index (χ2v) is 4.65. The van der Waals surface area contributed by atoms with E-state index >= 15 is 0 Å². The van der Waals surface area contributed by atoms with Crippen LogP contribution in [0.3, 0.4) is 0 Å². The Bertz CT molecular complexity index is 434. The molecule has 1 N–H and O–H groups in total. The van der Waals surface area contributed by atoms with Gasteiger partial charge < -0.3 is 14.6 Å². The zero-order valence-corrected chi connectivity index (χ0v) is 10.8. The molecule has 0 aromatic heterocycles. The van der Waals surface area contributed by atoms with Crippen LogP contribution in [0.15, 0.2) is 18.2 Å². The van der Waals surface area contributed by atoms with Crippen molar-refractivity contribution in [2.75, 3.05) is 13.2 Å². The summed E-state index contributed by atoms with van der Waals surface area (Å²) in [6.45, 7) is 3.16. The quantitative estimate of drug-likeness (QED) is 0.663. The first-order valence-corrected chi connectivity index (χ1v) is 5.72. The number of ether oxygens (including phenoxy) is 2. The molecule has 0 saturated carbocycles. The molecule has 100 valence electrons. The molecule has 0 aliphatic carbocycles. The van der Waals surface area contributed by atoms with E-state index in [9.17, 15) is 9.18 Å². The van der Waals surface area contributed by atoms with Crippen LogP contribution in [0.5, 0.6) is 11.5 Å². The zero-order valence-electron chi connectivity index (χ0n) is 10.1. The molecular formula is C12H14ClFO4. The Morgan fingerprint density at radius 1 is 1.56 bits per heavy atom. The third-order valence-electron chi connectivity index (χ3n) is 2.13. The fourth-order valence-corrected chi connectivity index (χ4v) is 1.25. The number of hydrogen-bond donors (Lipinski definition) is 1. The van der Waals surface area contributed by atoms with Crippen molar-refractivity contribution in [2.45, 2.75) is 18.7 Å². The highest BCUT2D eigenvalue weighted by atomic mass is 35.5. The SMILES string of the molecule is CCOC(=O)C(C)(Cl)COc1ccc(O)c(F)c1. The molecule has 0 fully saturated rings. The van der Waals surface area contributed by atoms with Crippen molar-refractivity contribution in [3.05, 3.63) is 24.0 Å².